The number of nitrogens with one attached hydrogen (secondary N) is 1. The first-order valence-electron chi connectivity index (χ1n) is 9.42. The van der Waals surface area contributed by atoms with Crippen molar-refractivity contribution < 1.29 is 44.0 Å². The smallest absolute Gasteiger partial charge is 0.340 e. The number of aliphatic hydroxyl groups is 1. The summed E-state index contributed by atoms with van der Waals surface area (Å²) < 4.78 is 4.66. The number of carboxylic acids is 2. The molecule has 0 aliphatic heterocycles. The minimum atomic E-state index is -1.42. The molecule has 12 heteroatoms. The van der Waals surface area contributed by atoms with E-state index < -0.39 is 46.4 Å². The van der Waals surface area contributed by atoms with Crippen LogP contribution in [0.1, 0.15) is 55.3 Å². The molecule has 34 heavy (non-hydrogen) atoms. The van der Waals surface area contributed by atoms with Crippen LogP contribution in [-0.2, 0) is 9.53 Å². The Labute approximate surface area is 192 Å². The maximum atomic E-state index is 12.7. The summed E-state index contributed by atoms with van der Waals surface area (Å²) in [6, 6.07) is 6.85. The van der Waals surface area contributed by atoms with Crippen LogP contribution in [0, 0.1) is 0 Å². The third kappa shape index (κ3) is 6.09. The van der Waals surface area contributed by atoms with Gasteiger partial charge < -0.3 is 25.4 Å². The molecule has 0 bridgehead atoms. The standard InChI is InChI=1S/C22H19N3O9/c1-10(26)12-4-5-16(22(33)34-3)17(9-12)24-25-18(11(2)27)19(28)23-15-7-13(20(29)30)6-14(8-15)21(31)32/h4-9,27H,1-3H3,(H,23,28)(H,29,30)(H,31,32). The first-order valence-corrected chi connectivity index (χ1v) is 9.42. The van der Waals surface area contributed by atoms with E-state index in [0.717, 1.165) is 32.2 Å². The first-order chi connectivity index (χ1) is 15.9. The van der Waals surface area contributed by atoms with E-state index in [2.05, 4.69) is 20.3 Å². The van der Waals surface area contributed by atoms with Crippen LogP contribution in [0.2, 0.25) is 0 Å². The molecule has 0 aliphatic rings. The van der Waals surface area contributed by atoms with E-state index in [1.165, 1.54) is 25.1 Å². The zero-order valence-electron chi connectivity index (χ0n) is 18.1. The van der Waals surface area contributed by atoms with E-state index in [9.17, 15) is 29.1 Å². The summed E-state index contributed by atoms with van der Waals surface area (Å²) in [5.74, 6) is -5.60. The number of amides is 1. The average Bonchev–Trinajstić information content (AvgIpc) is 2.77. The van der Waals surface area contributed by atoms with Crippen LogP contribution in [0.5, 0.6) is 0 Å². The SMILES string of the molecule is COC(=O)c1ccc(C(C)=O)cc1N=NC(C(=O)Nc1cc(C(=O)O)cc(C(=O)O)c1)=C(C)O. The number of hydrogen-bond donors (Lipinski definition) is 4. The number of aliphatic hydroxyl groups excluding tert-OH is 1. The lowest BCUT2D eigenvalue weighted by atomic mass is 10.1. The van der Waals surface area contributed by atoms with Gasteiger partial charge in [-0.2, -0.15) is 0 Å². The highest BCUT2D eigenvalue weighted by molar-refractivity contribution is 6.05. The molecule has 4 N–H and O–H groups in total. The van der Waals surface area contributed by atoms with Gasteiger partial charge in [-0.25, -0.2) is 14.4 Å². The molecule has 0 spiro atoms. The summed E-state index contributed by atoms with van der Waals surface area (Å²) in [6.45, 7) is 2.42. The van der Waals surface area contributed by atoms with Gasteiger partial charge in [0.1, 0.15) is 11.4 Å². The lowest BCUT2D eigenvalue weighted by Gasteiger charge is -2.09. The second-order valence-electron chi connectivity index (χ2n) is 6.78. The van der Waals surface area contributed by atoms with Gasteiger partial charge in [-0.1, -0.05) is 6.07 Å². The molecular formula is C22H19N3O9. The van der Waals surface area contributed by atoms with Crippen molar-refractivity contribution in [3.05, 3.63) is 70.1 Å². The Morgan fingerprint density at radius 2 is 1.44 bits per heavy atom. The molecule has 0 radical (unpaired) electrons. The Balaban J connectivity index is 2.45. The zero-order valence-corrected chi connectivity index (χ0v) is 18.1. The fraction of sp³-hybridized carbons (Fsp3) is 0.136. The summed E-state index contributed by atoms with van der Waals surface area (Å²) in [6.07, 6.45) is 0. The van der Waals surface area contributed by atoms with Crippen molar-refractivity contribution in [3.8, 4) is 0 Å². The second-order valence-corrected chi connectivity index (χ2v) is 6.78. The van der Waals surface area contributed by atoms with Crippen LogP contribution in [0.25, 0.3) is 0 Å². The van der Waals surface area contributed by atoms with Gasteiger partial charge in [-0.3, -0.25) is 9.59 Å². The predicted octanol–water partition coefficient (Wildman–Crippen LogP) is 3.58. The number of carboxylic acid groups (broad SMARTS) is 2. The van der Waals surface area contributed by atoms with Crippen LogP contribution < -0.4 is 5.32 Å². The Morgan fingerprint density at radius 1 is 0.853 bits per heavy atom. The van der Waals surface area contributed by atoms with Crippen molar-refractivity contribution in [2.24, 2.45) is 10.2 Å². The van der Waals surface area contributed by atoms with Gasteiger partial charge >= 0.3 is 17.9 Å². The Hall–Kier alpha value is -4.87. The van der Waals surface area contributed by atoms with E-state index in [0.29, 0.717) is 0 Å². The normalized spacial score (nSPS) is 11.5. The fourth-order valence-electron chi connectivity index (χ4n) is 2.64. The molecule has 2 aromatic carbocycles. The van der Waals surface area contributed by atoms with Gasteiger partial charge in [0, 0.05) is 11.3 Å². The topological polar surface area (TPSA) is 192 Å². The van der Waals surface area contributed by atoms with Crippen molar-refractivity contribution in [3.63, 3.8) is 0 Å². The molecular weight excluding hydrogens is 450 g/mol. The number of aromatic carboxylic acids is 2. The Bertz CT molecular complexity index is 1230. The summed E-state index contributed by atoms with van der Waals surface area (Å²) in [4.78, 5) is 58.8. The summed E-state index contributed by atoms with van der Waals surface area (Å²) >= 11 is 0. The Morgan fingerprint density at radius 3 is 1.91 bits per heavy atom. The molecule has 0 fully saturated rings. The highest BCUT2D eigenvalue weighted by Gasteiger charge is 2.18. The zero-order chi connectivity index (χ0) is 25.6. The van der Waals surface area contributed by atoms with Gasteiger partial charge in [0.25, 0.3) is 5.91 Å². The van der Waals surface area contributed by atoms with Crippen LogP contribution in [0.15, 0.2) is 58.1 Å². The van der Waals surface area contributed by atoms with Crippen molar-refractivity contribution in [1.29, 1.82) is 0 Å². The minimum Gasteiger partial charge on any atom is -0.510 e. The van der Waals surface area contributed by atoms with Crippen LogP contribution >= 0.6 is 0 Å². The van der Waals surface area contributed by atoms with Crippen molar-refractivity contribution in [2.45, 2.75) is 13.8 Å². The molecule has 0 heterocycles. The number of ketones is 1. The molecule has 0 atom stereocenters. The number of nitrogens with zero attached hydrogens (tertiary/aromatic N) is 2. The number of anilines is 1. The molecule has 0 saturated carbocycles. The molecule has 0 aliphatic carbocycles. The highest BCUT2D eigenvalue weighted by atomic mass is 16.5. The van der Waals surface area contributed by atoms with Crippen molar-refractivity contribution in [2.75, 3.05) is 12.4 Å². The van der Waals surface area contributed by atoms with Crippen molar-refractivity contribution >= 4 is 41.0 Å². The number of ether oxygens (including phenoxy) is 1. The predicted molar refractivity (Wildman–Crippen MR) is 117 cm³/mol. The lowest BCUT2D eigenvalue weighted by Crippen LogP contribution is -2.16. The van der Waals surface area contributed by atoms with Crippen LogP contribution in [0.4, 0.5) is 11.4 Å². The Kier molecular flexibility index (Phi) is 7.94. The number of rotatable bonds is 8. The third-order valence-corrected chi connectivity index (χ3v) is 4.31. The van der Waals surface area contributed by atoms with E-state index in [1.807, 2.05) is 0 Å². The number of methoxy groups -OCH3 is 1. The van der Waals surface area contributed by atoms with E-state index in [1.54, 1.807) is 0 Å². The molecule has 176 valence electrons. The van der Waals surface area contributed by atoms with Crippen LogP contribution in [-0.4, -0.2) is 52.0 Å². The number of benzene rings is 2. The first kappa shape index (κ1) is 25.4. The van der Waals surface area contributed by atoms with Gasteiger partial charge in [0.05, 0.1) is 23.8 Å². The maximum Gasteiger partial charge on any atom is 0.340 e. The highest BCUT2D eigenvalue weighted by Crippen LogP contribution is 2.25. The molecule has 12 nitrogen and oxygen atoms in total. The number of allylic oxidation sites excluding steroid dienone is 1. The van der Waals surface area contributed by atoms with Gasteiger partial charge in [-0.05, 0) is 44.2 Å². The third-order valence-electron chi connectivity index (χ3n) is 4.31. The molecule has 1 amide bonds. The lowest BCUT2D eigenvalue weighted by molar-refractivity contribution is -0.113. The molecule has 2 aromatic rings. The second kappa shape index (κ2) is 10.6. The van der Waals surface area contributed by atoms with Gasteiger partial charge in [0.15, 0.2) is 11.5 Å². The molecule has 2 rings (SSSR count). The number of carbonyl (C=O) groups is 5. The van der Waals surface area contributed by atoms with Gasteiger partial charge in [0.2, 0.25) is 0 Å². The number of esters is 1. The molecule has 0 saturated heterocycles. The number of hydrogen-bond acceptors (Lipinski definition) is 9. The van der Waals surface area contributed by atoms with E-state index in [-0.39, 0.29) is 28.3 Å². The number of carbonyl (C=O) groups excluding carboxylic acids is 3. The largest absolute Gasteiger partial charge is 0.510 e. The van der Waals surface area contributed by atoms with Gasteiger partial charge in [-0.15, -0.1) is 10.2 Å². The van der Waals surface area contributed by atoms with Crippen molar-refractivity contribution in [1.82, 2.24) is 0 Å². The van der Waals surface area contributed by atoms with E-state index in [4.69, 9.17) is 10.2 Å². The van der Waals surface area contributed by atoms with E-state index >= 15 is 0 Å². The summed E-state index contributed by atoms with van der Waals surface area (Å²) in [5, 5.41) is 38.0. The molecule has 0 unspecified atom stereocenters. The number of azo groups is 1. The fourth-order valence-corrected chi connectivity index (χ4v) is 2.64. The van der Waals surface area contributed by atoms with Crippen LogP contribution in [0.3, 0.4) is 0 Å². The number of Topliss-reactive ketones (excluding diaryl/α,β-unsaturated/α-hetero) is 1. The summed E-state index contributed by atoms with van der Waals surface area (Å²) in [5.41, 5.74) is -1.59. The average molecular weight is 469 g/mol. The molecule has 0 aromatic heterocycles. The summed E-state index contributed by atoms with van der Waals surface area (Å²) in [7, 11) is 1.13. The maximum absolute atomic E-state index is 12.7. The monoisotopic (exact) mass is 469 g/mol. The minimum absolute atomic E-state index is 0.0631. The quantitative estimate of drug-likeness (QED) is 0.147.